The molecule has 2 aromatic carbocycles. The summed E-state index contributed by atoms with van der Waals surface area (Å²) in [6.07, 6.45) is 4.69. The van der Waals surface area contributed by atoms with Gasteiger partial charge in [-0.1, -0.05) is 42.5 Å². The Labute approximate surface area is 138 Å². The minimum absolute atomic E-state index is 0.157. The summed E-state index contributed by atoms with van der Waals surface area (Å²) in [4.78, 5) is 12.3. The molecule has 3 rings (SSSR count). The molecule has 1 amide bonds. The van der Waals surface area contributed by atoms with Crippen LogP contribution in [-0.4, -0.2) is 5.91 Å². The van der Waals surface area contributed by atoms with E-state index in [-0.39, 0.29) is 11.9 Å². The van der Waals surface area contributed by atoms with E-state index in [1.165, 1.54) is 27.8 Å². The highest BCUT2D eigenvalue weighted by Gasteiger charge is 2.21. The van der Waals surface area contributed by atoms with E-state index in [9.17, 15) is 4.79 Å². The van der Waals surface area contributed by atoms with Crippen molar-refractivity contribution >= 4 is 5.91 Å². The van der Waals surface area contributed by atoms with Crippen molar-refractivity contribution in [2.24, 2.45) is 0 Å². The molecule has 0 saturated heterocycles. The smallest absolute Gasteiger partial charge is 0.220 e. The van der Waals surface area contributed by atoms with E-state index < -0.39 is 0 Å². The molecular formula is C21H25NO. The SMILES string of the molecule is Cc1ccc(CCC(=O)NC2CCCc3ccccc32)cc1C. The number of hydrogen-bond donors (Lipinski definition) is 1. The first-order chi connectivity index (χ1) is 11.1. The van der Waals surface area contributed by atoms with Gasteiger partial charge in [0.05, 0.1) is 6.04 Å². The van der Waals surface area contributed by atoms with Gasteiger partial charge in [0.15, 0.2) is 0 Å². The summed E-state index contributed by atoms with van der Waals surface area (Å²) in [5, 5.41) is 3.23. The van der Waals surface area contributed by atoms with Crippen LogP contribution in [-0.2, 0) is 17.6 Å². The van der Waals surface area contributed by atoms with Crippen molar-refractivity contribution in [3.05, 3.63) is 70.3 Å². The zero-order chi connectivity index (χ0) is 16.2. The highest BCUT2D eigenvalue weighted by Crippen LogP contribution is 2.29. The summed E-state index contributed by atoms with van der Waals surface area (Å²) in [7, 11) is 0. The molecule has 23 heavy (non-hydrogen) atoms. The molecule has 0 fully saturated rings. The monoisotopic (exact) mass is 307 g/mol. The van der Waals surface area contributed by atoms with E-state index in [0.717, 1.165) is 25.7 Å². The van der Waals surface area contributed by atoms with E-state index in [0.29, 0.717) is 6.42 Å². The third kappa shape index (κ3) is 3.82. The molecule has 2 aromatic rings. The van der Waals surface area contributed by atoms with Gasteiger partial charge in [-0.15, -0.1) is 0 Å². The Bertz CT molecular complexity index is 705. The summed E-state index contributed by atoms with van der Waals surface area (Å²) < 4.78 is 0. The Morgan fingerprint density at radius 3 is 2.78 bits per heavy atom. The lowest BCUT2D eigenvalue weighted by Crippen LogP contribution is -2.31. The highest BCUT2D eigenvalue weighted by atomic mass is 16.1. The van der Waals surface area contributed by atoms with Crippen molar-refractivity contribution in [2.75, 3.05) is 0 Å². The van der Waals surface area contributed by atoms with Crippen LogP contribution in [0.2, 0.25) is 0 Å². The van der Waals surface area contributed by atoms with Gasteiger partial charge in [0.1, 0.15) is 0 Å². The molecule has 0 spiro atoms. The van der Waals surface area contributed by atoms with Crippen LogP contribution >= 0.6 is 0 Å². The van der Waals surface area contributed by atoms with Crippen molar-refractivity contribution < 1.29 is 4.79 Å². The number of fused-ring (bicyclic) bond motifs is 1. The predicted octanol–water partition coefficient (Wildman–Crippen LogP) is 4.43. The van der Waals surface area contributed by atoms with Crippen molar-refractivity contribution in [1.29, 1.82) is 0 Å². The molecule has 2 nitrogen and oxygen atoms in total. The van der Waals surface area contributed by atoms with Crippen LogP contribution in [0.5, 0.6) is 0 Å². The summed E-state index contributed by atoms with van der Waals surface area (Å²) in [6.45, 7) is 4.24. The second-order valence-electron chi connectivity index (χ2n) is 6.63. The van der Waals surface area contributed by atoms with E-state index in [1.807, 2.05) is 0 Å². The molecule has 0 heterocycles. The van der Waals surface area contributed by atoms with Crippen LogP contribution in [0.25, 0.3) is 0 Å². The molecule has 1 unspecified atom stereocenters. The minimum Gasteiger partial charge on any atom is -0.349 e. The van der Waals surface area contributed by atoms with E-state index in [4.69, 9.17) is 0 Å². The van der Waals surface area contributed by atoms with Gasteiger partial charge in [0.2, 0.25) is 5.91 Å². The Morgan fingerprint density at radius 1 is 1.13 bits per heavy atom. The first-order valence-corrected chi connectivity index (χ1v) is 8.57. The second kappa shape index (κ2) is 6.99. The summed E-state index contributed by atoms with van der Waals surface area (Å²) in [6, 6.07) is 15.1. The Hall–Kier alpha value is -2.09. The number of hydrogen-bond acceptors (Lipinski definition) is 1. The molecule has 2 heteroatoms. The molecule has 120 valence electrons. The lowest BCUT2D eigenvalue weighted by Gasteiger charge is -2.26. The standard InChI is InChI=1S/C21H25NO/c1-15-10-11-17(14-16(15)2)12-13-21(23)22-20-9-5-7-18-6-3-4-8-19(18)20/h3-4,6,8,10-11,14,20H,5,7,9,12-13H2,1-2H3,(H,22,23). The molecule has 0 aliphatic heterocycles. The molecule has 0 saturated carbocycles. The number of amides is 1. The molecule has 0 aromatic heterocycles. The van der Waals surface area contributed by atoms with Gasteiger partial charge in [0, 0.05) is 6.42 Å². The van der Waals surface area contributed by atoms with Crippen molar-refractivity contribution in [1.82, 2.24) is 5.32 Å². The van der Waals surface area contributed by atoms with Crippen molar-refractivity contribution in [2.45, 2.75) is 52.0 Å². The number of benzene rings is 2. The number of rotatable bonds is 4. The Balaban J connectivity index is 1.59. The molecule has 1 aliphatic rings. The minimum atomic E-state index is 0.157. The molecule has 0 radical (unpaired) electrons. The molecular weight excluding hydrogens is 282 g/mol. The van der Waals surface area contributed by atoms with Gasteiger partial charge in [-0.2, -0.15) is 0 Å². The van der Waals surface area contributed by atoms with E-state index >= 15 is 0 Å². The van der Waals surface area contributed by atoms with Crippen LogP contribution in [0.1, 0.15) is 53.1 Å². The average Bonchev–Trinajstić information content (AvgIpc) is 2.56. The third-order valence-corrected chi connectivity index (χ3v) is 4.92. The van der Waals surface area contributed by atoms with Crippen LogP contribution < -0.4 is 5.32 Å². The van der Waals surface area contributed by atoms with Crippen LogP contribution in [0.15, 0.2) is 42.5 Å². The number of carbonyl (C=O) groups excluding carboxylic acids is 1. The largest absolute Gasteiger partial charge is 0.349 e. The average molecular weight is 307 g/mol. The lowest BCUT2D eigenvalue weighted by atomic mass is 9.87. The van der Waals surface area contributed by atoms with Gasteiger partial charge in [-0.3, -0.25) is 4.79 Å². The summed E-state index contributed by atoms with van der Waals surface area (Å²) in [5.74, 6) is 0.157. The Kier molecular flexibility index (Phi) is 4.80. The number of aryl methyl sites for hydroxylation is 4. The van der Waals surface area contributed by atoms with E-state index in [1.54, 1.807) is 0 Å². The maximum Gasteiger partial charge on any atom is 0.220 e. The fourth-order valence-corrected chi connectivity index (χ4v) is 3.39. The van der Waals surface area contributed by atoms with Gasteiger partial charge in [0.25, 0.3) is 0 Å². The topological polar surface area (TPSA) is 29.1 Å². The maximum atomic E-state index is 12.3. The molecule has 1 atom stereocenters. The first kappa shape index (κ1) is 15.8. The summed E-state index contributed by atoms with van der Waals surface area (Å²) >= 11 is 0. The molecule has 0 bridgehead atoms. The lowest BCUT2D eigenvalue weighted by molar-refractivity contribution is -0.121. The van der Waals surface area contributed by atoms with E-state index in [2.05, 4.69) is 61.6 Å². The highest BCUT2D eigenvalue weighted by molar-refractivity contribution is 5.76. The number of carbonyl (C=O) groups is 1. The Morgan fingerprint density at radius 2 is 1.96 bits per heavy atom. The summed E-state index contributed by atoms with van der Waals surface area (Å²) in [5.41, 5.74) is 6.53. The van der Waals surface area contributed by atoms with Crippen LogP contribution in [0, 0.1) is 13.8 Å². The zero-order valence-electron chi connectivity index (χ0n) is 14.1. The molecule has 1 aliphatic carbocycles. The fraction of sp³-hybridized carbons (Fsp3) is 0.381. The van der Waals surface area contributed by atoms with Crippen molar-refractivity contribution in [3.8, 4) is 0 Å². The van der Waals surface area contributed by atoms with Crippen molar-refractivity contribution in [3.63, 3.8) is 0 Å². The zero-order valence-corrected chi connectivity index (χ0v) is 14.1. The maximum absolute atomic E-state index is 12.3. The van der Waals surface area contributed by atoms with Gasteiger partial charge in [-0.05, 0) is 67.3 Å². The quantitative estimate of drug-likeness (QED) is 0.889. The second-order valence-corrected chi connectivity index (χ2v) is 6.63. The van der Waals surface area contributed by atoms with Gasteiger partial charge in [-0.25, -0.2) is 0 Å². The third-order valence-electron chi connectivity index (χ3n) is 4.92. The van der Waals surface area contributed by atoms with Crippen LogP contribution in [0.4, 0.5) is 0 Å². The number of nitrogens with one attached hydrogen (secondary N) is 1. The van der Waals surface area contributed by atoms with Gasteiger partial charge < -0.3 is 5.32 Å². The predicted molar refractivity (Wildman–Crippen MR) is 94.5 cm³/mol. The van der Waals surface area contributed by atoms with Crippen LogP contribution in [0.3, 0.4) is 0 Å². The normalized spacial score (nSPS) is 16.7. The van der Waals surface area contributed by atoms with Gasteiger partial charge >= 0.3 is 0 Å². The molecule has 1 N–H and O–H groups in total. The fourth-order valence-electron chi connectivity index (χ4n) is 3.39. The first-order valence-electron chi connectivity index (χ1n) is 8.57.